The first-order valence-electron chi connectivity index (χ1n) is 6.48. The minimum atomic E-state index is -0.855. The van der Waals surface area contributed by atoms with Crippen LogP contribution in [0, 0.1) is 18.6 Å². The van der Waals surface area contributed by atoms with Gasteiger partial charge in [0, 0.05) is 22.7 Å². The van der Waals surface area contributed by atoms with Crippen LogP contribution in [-0.4, -0.2) is 6.54 Å². The van der Waals surface area contributed by atoms with Crippen LogP contribution in [0.25, 0.3) is 11.1 Å². The number of hydrogen-bond acceptors (Lipinski definition) is 1. The number of hydrogen-bond donors (Lipinski definition) is 1. The van der Waals surface area contributed by atoms with Crippen molar-refractivity contribution >= 4 is 11.6 Å². The Kier molecular flexibility index (Phi) is 4.73. The molecule has 0 saturated heterocycles. The highest BCUT2D eigenvalue weighted by Crippen LogP contribution is 2.32. The molecular weight excluding hydrogens is 280 g/mol. The monoisotopic (exact) mass is 295 g/mol. The first-order valence-corrected chi connectivity index (χ1v) is 6.86. The molecule has 106 valence electrons. The van der Waals surface area contributed by atoms with Crippen molar-refractivity contribution in [2.45, 2.75) is 20.4 Å². The molecule has 2 aromatic rings. The Morgan fingerprint density at radius 2 is 1.75 bits per heavy atom. The van der Waals surface area contributed by atoms with E-state index in [2.05, 4.69) is 5.32 Å². The molecule has 0 heterocycles. The van der Waals surface area contributed by atoms with Gasteiger partial charge in [-0.1, -0.05) is 42.8 Å². The van der Waals surface area contributed by atoms with E-state index in [0.29, 0.717) is 17.1 Å². The molecule has 2 aromatic carbocycles. The van der Waals surface area contributed by atoms with Gasteiger partial charge in [0.2, 0.25) is 0 Å². The minimum absolute atomic E-state index is 0.188. The molecule has 0 amide bonds. The second kappa shape index (κ2) is 6.33. The number of nitrogens with one attached hydrogen (secondary N) is 1. The van der Waals surface area contributed by atoms with E-state index in [1.54, 1.807) is 24.3 Å². The van der Waals surface area contributed by atoms with Gasteiger partial charge in [-0.05, 0) is 30.7 Å². The predicted molar refractivity (Wildman–Crippen MR) is 78.9 cm³/mol. The lowest BCUT2D eigenvalue weighted by atomic mass is 10.0. The van der Waals surface area contributed by atoms with Gasteiger partial charge in [0.15, 0.2) is 11.6 Å². The summed E-state index contributed by atoms with van der Waals surface area (Å²) < 4.78 is 27.6. The fraction of sp³-hybridized carbons (Fsp3) is 0.250. The van der Waals surface area contributed by atoms with Crippen molar-refractivity contribution in [3.8, 4) is 11.1 Å². The zero-order chi connectivity index (χ0) is 14.7. The predicted octanol–water partition coefficient (Wildman–Crippen LogP) is 4.70. The van der Waals surface area contributed by atoms with Crippen LogP contribution in [0.5, 0.6) is 0 Å². The second-order valence-corrected chi connectivity index (χ2v) is 5.06. The highest BCUT2D eigenvalue weighted by Gasteiger charge is 2.14. The van der Waals surface area contributed by atoms with E-state index in [0.717, 1.165) is 12.1 Å². The van der Waals surface area contributed by atoms with Gasteiger partial charge < -0.3 is 5.32 Å². The summed E-state index contributed by atoms with van der Waals surface area (Å²) in [6.45, 7) is 5.10. The standard InChI is InChI=1S/C16H16ClF2N/c1-3-20-9-11-5-7-12(14(17)8-11)13-6-4-10(2)15(18)16(13)19/h4-8,20H,3,9H2,1-2H3. The zero-order valence-corrected chi connectivity index (χ0v) is 12.2. The highest BCUT2D eigenvalue weighted by atomic mass is 35.5. The molecule has 0 saturated carbocycles. The first-order chi connectivity index (χ1) is 9.54. The van der Waals surface area contributed by atoms with E-state index >= 15 is 0 Å². The molecule has 0 unspecified atom stereocenters. The van der Waals surface area contributed by atoms with Crippen LogP contribution in [-0.2, 0) is 6.54 Å². The Labute approximate surface area is 122 Å². The van der Waals surface area contributed by atoms with Crippen LogP contribution in [0.3, 0.4) is 0 Å². The Hall–Kier alpha value is -1.45. The number of benzene rings is 2. The van der Waals surface area contributed by atoms with Gasteiger partial charge >= 0.3 is 0 Å². The molecule has 0 aliphatic heterocycles. The molecule has 0 aromatic heterocycles. The number of aryl methyl sites for hydroxylation is 1. The summed E-state index contributed by atoms with van der Waals surface area (Å²) in [6, 6.07) is 8.47. The molecule has 20 heavy (non-hydrogen) atoms. The van der Waals surface area contributed by atoms with Crippen LogP contribution in [0.15, 0.2) is 30.3 Å². The van der Waals surface area contributed by atoms with Crippen molar-refractivity contribution in [3.05, 3.63) is 58.1 Å². The molecule has 2 rings (SSSR count). The average molecular weight is 296 g/mol. The van der Waals surface area contributed by atoms with Gasteiger partial charge in [0.1, 0.15) is 0 Å². The fourth-order valence-corrected chi connectivity index (χ4v) is 2.32. The molecular formula is C16H16ClF2N. The third-order valence-corrected chi connectivity index (χ3v) is 3.49. The summed E-state index contributed by atoms with van der Waals surface area (Å²) in [6.07, 6.45) is 0. The zero-order valence-electron chi connectivity index (χ0n) is 11.4. The summed E-state index contributed by atoms with van der Waals surface area (Å²) in [5, 5.41) is 3.61. The number of rotatable bonds is 4. The second-order valence-electron chi connectivity index (χ2n) is 4.65. The smallest absolute Gasteiger partial charge is 0.166 e. The summed E-state index contributed by atoms with van der Waals surface area (Å²) >= 11 is 6.19. The molecule has 1 N–H and O–H groups in total. The molecule has 0 fully saturated rings. The van der Waals surface area contributed by atoms with Gasteiger partial charge in [0.05, 0.1) is 0 Å². The van der Waals surface area contributed by atoms with E-state index in [1.807, 2.05) is 13.0 Å². The van der Waals surface area contributed by atoms with Crippen LogP contribution < -0.4 is 5.32 Å². The van der Waals surface area contributed by atoms with E-state index < -0.39 is 11.6 Å². The summed E-state index contributed by atoms with van der Waals surface area (Å²) in [5.74, 6) is -1.68. The van der Waals surface area contributed by atoms with Crippen molar-refractivity contribution < 1.29 is 8.78 Å². The van der Waals surface area contributed by atoms with Gasteiger partial charge in [0.25, 0.3) is 0 Å². The third-order valence-electron chi connectivity index (χ3n) is 3.18. The van der Waals surface area contributed by atoms with Crippen LogP contribution in [0.1, 0.15) is 18.1 Å². The number of halogens is 3. The maximum atomic E-state index is 14.0. The van der Waals surface area contributed by atoms with Crippen molar-refractivity contribution in [2.24, 2.45) is 0 Å². The van der Waals surface area contributed by atoms with Crippen LogP contribution >= 0.6 is 11.6 Å². The van der Waals surface area contributed by atoms with Gasteiger partial charge in [-0.3, -0.25) is 0 Å². The molecule has 1 nitrogen and oxygen atoms in total. The van der Waals surface area contributed by atoms with Crippen molar-refractivity contribution in [1.82, 2.24) is 5.32 Å². The maximum Gasteiger partial charge on any atom is 0.166 e. The maximum absolute atomic E-state index is 14.0. The lowest BCUT2D eigenvalue weighted by Crippen LogP contribution is -2.11. The molecule has 0 aliphatic rings. The van der Waals surface area contributed by atoms with Gasteiger partial charge in [-0.15, -0.1) is 0 Å². The van der Waals surface area contributed by atoms with Gasteiger partial charge in [-0.25, -0.2) is 8.78 Å². The van der Waals surface area contributed by atoms with Crippen molar-refractivity contribution in [3.63, 3.8) is 0 Å². The Morgan fingerprint density at radius 3 is 2.40 bits per heavy atom. The summed E-state index contributed by atoms with van der Waals surface area (Å²) in [4.78, 5) is 0. The van der Waals surface area contributed by atoms with Crippen LogP contribution in [0.4, 0.5) is 8.78 Å². The molecule has 0 aliphatic carbocycles. The third kappa shape index (κ3) is 3.00. The quantitative estimate of drug-likeness (QED) is 0.862. The molecule has 0 bridgehead atoms. The van der Waals surface area contributed by atoms with E-state index in [4.69, 9.17) is 11.6 Å². The largest absolute Gasteiger partial charge is 0.313 e. The van der Waals surface area contributed by atoms with E-state index in [1.165, 1.54) is 6.92 Å². The Balaban J connectivity index is 2.41. The van der Waals surface area contributed by atoms with Crippen molar-refractivity contribution in [2.75, 3.05) is 6.54 Å². The molecule has 4 heteroatoms. The fourth-order valence-electron chi connectivity index (χ4n) is 2.01. The summed E-state index contributed by atoms with van der Waals surface area (Å²) in [7, 11) is 0. The van der Waals surface area contributed by atoms with E-state index in [-0.39, 0.29) is 11.1 Å². The normalized spacial score (nSPS) is 10.8. The average Bonchev–Trinajstić information content (AvgIpc) is 2.44. The molecule has 0 atom stereocenters. The lowest BCUT2D eigenvalue weighted by molar-refractivity contribution is 0.505. The molecule has 0 radical (unpaired) electrons. The first kappa shape index (κ1) is 14.9. The Morgan fingerprint density at radius 1 is 1.05 bits per heavy atom. The minimum Gasteiger partial charge on any atom is -0.313 e. The Bertz CT molecular complexity index is 626. The topological polar surface area (TPSA) is 12.0 Å². The van der Waals surface area contributed by atoms with E-state index in [9.17, 15) is 8.78 Å². The lowest BCUT2D eigenvalue weighted by Gasteiger charge is -2.10. The van der Waals surface area contributed by atoms with Gasteiger partial charge in [-0.2, -0.15) is 0 Å². The highest BCUT2D eigenvalue weighted by molar-refractivity contribution is 6.33. The van der Waals surface area contributed by atoms with Crippen molar-refractivity contribution in [1.29, 1.82) is 0 Å². The van der Waals surface area contributed by atoms with Crippen LogP contribution in [0.2, 0.25) is 5.02 Å². The summed E-state index contributed by atoms with van der Waals surface area (Å²) in [5.41, 5.74) is 1.98. The SMILES string of the molecule is CCNCc1ccc(-c2ccc(C)c(F)c2F)c(Cl)c1. The molecule has 0 spiro atoms.